The number of ether oxygens (including phenoxy) is 1. The van der Waals surface area contributed by atoms with Crippen molar-refractivity contribution in [3.05, 3.63) is 95.6 Å². The van der Waals surface area contributed by atoms with Gasteiger partial charge in [-0.05, 0) is 67.1 Å². The van der Waals surface area contributed by atoms with Gasteiger partial charge in [0.2, 0.25) is 5.89 Å². The van der Waals surface area contributed by atoms with E-state index in [2.05, 4.69) is 20.5 Å². The average Bonchev–Trinajstić information content (AvgIpc) is 3.50. The Bertz CT molecular complexity index is 1490. The zero-order valence-electron chi connectivity index (χ0n) is 20.1. The molecule has 3 aromatic heterocycles. The summed E-state index contributed by atoms with van der Waals surface area (Å²) in [4.78, 5) is 16.7. The van der Waals surface area contributed by atoms with Gasteiger partial charge in [-0.1, -0.05) is 6.07 Å². The summed E-state index contributed by atoms with van der Waals surface area (Å²) in [5.74, 6) is 1.41. The molecule has 0 fully saturated rings. The lowest BCUT2D eigenvalue weighted by Crippen LogP contribution is -2.22. The Balaban J connectivity index is 1.48. The van der Waals surface area contributed by atoms with Crippen molar-refractivity contribution >= 4 is 5.91 Å². The minimum absolute atomic E-state index is 0.167. The number of nitrogens with zero attached hydrogens (tertiary/aromatic N) is 5. The third-order valence-corrected chi connectivity index (χ3v) is 5.76. The van der Waals surface area contributed by atoms with E-state index in [-0.39, 0.29) is 5.91 Å². The molecule has 36 heavy (non-hydrogen) atoms. The maximum absolute atomic E-state index is 12.7. The van der Waals surface area contributed by atoms with Gasteiger partial charge in [0.05, 0.1) is 18.5 Å². The van der Waals surface area contributed by atoms with Crippen molar-refractivity contribution in [3.63, 3.8) is 0 Å². The third-order valence-electron chi connectivity index (χ3n) is 5.76. The molecule has 0 atom stereocenters. The standard InChI is InChI=1S/C27H24N6O3/c1-17-24(27-31-30-18(2)36-27)32-33(25(17)20-8-12-23(35-3)13-9-20)22-10-6-21(7-11-22)26(34)29-16-19-5-4-14-28-15-19/h4-15H,16H2,1-3H3,(H,29,34). The Morgan fingerprint density at radius 2 is 1.81 bits per heavy atom. The number of nitrogens with one attached hydrogen (secondary N) is 1. The van der Waals surface area contributed by atoms with Gasteiger partial charge >= 0.3 is 0 Å². The second-order valence-electron chi connectivity index (χ2n) is 8.18. The molecule has 1 N–H and O–H groups in total. The minimum atomic E-state index is -0.167. The van der Waals surface area contributed by atoms with Crippen LogP contribution in [0.3, 0.4) is 0 Å². The van der Waals surface area contributed by atoms with E-state index in [0.717, 1.165) is 33.8 Å². The van der Waals surface area contributed by atoms with Crippen LogP contribution in [0.2, 0.25) is 0 Å². The molecule has 0 saturated carbocycles. The Morgan fingerprint density at radius 1 is 1.03 bits per heavy atom. The molecule has 0 aliphatic rings. The zero-order chi connectivity index (χ0) is 25.1. The largest absolute Gasteiger partial charge is 0.497 e. The molecule has 9 heteroatoms. The number of benzene rings is 2. The van der Waals surface area contributed by atoms with Crippen LogP contribution in [0.15, 0.2) is 77.5 Å². The second kappa shape index (κ2) is 9.83. The number of pyridine rings is 1. The smallest absolute Gasteiger partial charge is 0.268 e. The molecule has 0 spiro atoms. The molecule has 0 aliphatic carbocycles. The zero-order valence-corrected chi connectivity index (χ0v) is 20.1. The number of hydrogen-bond acceptors (Lipinski definition) is 7. The molecule has 5 rings (SSSR count). The summed E-state index contributed by atoms with van der Waals surface area (Å²) >= 11 is 0. The lowest BCUT2D eigenvalue weighted by molar-refractivity contribution is 0.0951. The minimum Gasteiger partial charge on any atom is -0.497 e. The molecule has 180 valence electrons. The van der Waals surface area contributed by atoms with Crippen LogP contribution in [0, 0.1) is 13.8 Å². The van der Waals surface area contributed by atoms with Gasteiger partial charge in [-0.3, -0.25) is 9.78 Å². The predicted octanol–water partition coefficient (Wildman–Crippen LogP) is 4.54. The molecule has 1 amide bonds. The third kappa shape index (κ3) is 4.58. The summed E-state index contributed by atoms with van der Waals surface area (Å²) in [7, 11) is 1.63. The summed E-state index contributed by atoms with van der Waals surface area (Å²) in [6.45, 7) is 4.12. The van der Waals surface area contributed by atoms with E-state index in [0.29, 0.717) is 29.6 Å². The van der Waals surface area contributed by atoms with E-state index >= 15 is 0 Å². The summed E-state index contributed by atoms with van der Waals surface area (Å²) in [5, 5.41) is 15.8. The molecule has 9 nitrogen and oxygen atoms in total. The quantitative estimate of drug-likeness (QED) is 0.364. The Hall–Kier alpha value is -4.79. The van der Waals surface area contributed by atoms with Crippen molar-refractivity contribution in [1.29, 1.82) is 0 Å². The number of aryl methyl sites for hydroxylation is 1. The Labute approximate surface area is 207 Å². The fourth-order valence-electron chi connectivity index (χ4n) is 3.91. The number of rotatable bonds is 7. The Kier molecular flexibility index (Phi) is 6.27. The van der Waals surface area contributed by atoms with Crippen LogP contribution in [-0.2, 0) is 6.54 Å². The van der Waals surface area contributed by atoms with Gasteiger partial charge in [0, 0.05) is 42.6 Å². The van der Waals surface area contributed by atoms with E-state index in [1.54, 1.807) is 38.6 Å². The van der Waals surface area contributed by atoms with E-state index in [1.807, 2.05) is 60.1 Å². The molecule has 3 heterocycles. The molecule has 0 radical (unpaired) electrons. The lowest BCUT2D eigenvalue weighted by atomic mass is 10.1. The molecule has 0 unspecified atom stereocenters. The second-order valence-corrected chi connectivity index (χ2v) is 8.18. The van der Waals surface area contributed by atoms with E-state index in [1.165, 1.54) is 0 Å². The van der Waals surface area contributed by atoms with Gasteiger partial charge < -0.3 is 14.5 Å². The number of hydrogen-bond donors (Lipinski definition) is 1. The van der Waals surface area contributed by atoms with Gasteiger partial charge in [-0.2, -0.15) is 5.10 Å². The number of aromatic nitrogens is 5. The highest BCUT2D eigenvalue weighted by Gasteiger charge is 2.22. The number of methoxy groups -OCH3 is 1. The van der Waals surface area contributed by atoms with Crippen molar-refractivity contribution in [2.75, 3.05) is 7.11 Å². The van der Waals surface area contributed by atoms with Gasteiger partial charge in [0.25, 0.3) is 11.8 Å². The fraction of sp³-hybridized carbons (Fsp3) is 0.148. The summed E-state index contributed by atoms with van der Waals surface area (Å²) in [6.07, 6.45) is 3.43. The van der Waals surface area contributed by atoms with Crippen LogP contribution in [0.25, 0.3) is 28.5 Å². The van der Waals surface area contributed by atoms with Crippen LogP contribution in [0.4, 0.5) is 0 Å². The number of carbonyl (C=O) groups is 1. The average molecular weight is 481 g/mol. The normalized spacial score (nSPS) is 10.9. The topological polar surface area (TPSA) is 108 Å². The van der Waals surface area contributed by atoms with Crippen LogP contribution < -0.4 is 10.1 Å². The fourth-order valence-corrected chi connectivity index (χ4v) is 3.91. The highest BCUT2D eigenvalue weighted by molar-refractivity contribution is 5.94. The van der Waals surface area contributed by atoms with Crippen LogP contribution >= 0.6 is 0 Å². The van der Waals surface area contributed by atoms with Gasteiger partial charge in [-0.15, -0.1) is 10.2 Å². The molecule has 2 aromatic carbocycles. The first-order valence-corrected chi connectivity index (χ1v) is 11.4. The molecule has 0 bridgehead atoms. The van der Waals surface area contributed by atoms with E-state index < -0.39 is 0 Å². The molecular weight excluding hydrogens is 456 g/mol. The Morgan fingerprint density at radius 3 is 2.44 bits per heavy atom. The van der Waals surface area contributed by atoms with Crippen LogP contribution in [-0.4, -0.2) is 38.0 Å². The van der Waals surface area contributed by atoms with E-state index in [4.69, 9.17) is 14.3 Å². The number of amides is 1. The van der Waals surface area contributed by atoms with Gasteiger partial charge in [-0.25, -0.2) is 4.68 Å². The van der Waals surface area contributed by atoms with E-state index in [9.17, 15) is 4.79 Å². The van der Waals surface area contributed by atoms with Crippen molar-refractivity contribution < 1.29 is 13.9 Å². The monoisotopic (exact) mass is 480 g/mol. The predicted molar refractivity (Wildman–Crippen MR) is 134 cm³/mol. The lowest BCUT2D eigenvalue weighted by Gasteiger charge is -2.11. The highest BCUT2D eigenvalue weighted by atomic mass is 16.5. The first kappa shape index (κ1) is 23.0. The molecular formula is C27H24N6O3. The summed E-state index contributed by atoms with van der Waals surface area (Å²) in [5.41, 5.74) is 5.57. The maximum Gasteiger partial charge on any atom is 0.268 e. The van der Waals surface area contributed by atoms with Gasteiger partial charge in [0.15, 0.2) is 5.69 Å². The van der Waals surface area contributed by atoms with Gasteiger partial charge in [0.1, 0.15) is 5.75 Å². The van der Waals surface area contributed by atoms with Crippen molar-refractivity contribution in [2.24, 2.45) is 0 Å². The number of carbonyl (C=O) groups excluding carboxylic acids is 1. The van der Waals surface area contributed by atoms with Crippen LogP contribution in [0.5, 0.6) is 5.75 Å². The maximum atomic E-state index is 12.7. The van der Waals surface area contributed by atoms with Crippen molar-refractivity contribution in [3.8, 4) is 34.3 Å². The highest BCUT2D eigenvalue weighted by Crippen LogP contribution is 2.34. The SMILES string of the molecule is COc1ccc(-c2c(C)c(-c3nnc(C)o3)nn2-c2ccc(C(=O)NCc3cccnc3)cc2)cc1. The molecule has 0 aliphatic heterocycles. The first-order chi connectivity index (χ1) is 17.5. The molecule has 5 aromatic rings. The molecule has 0 saturated heterocycles. The summed E-state index contributed by atoms with van der Waals surface area (Å²) in [6, 6.07) is 18.8. The summed E-state index contributed by atoms with van der Waals surface area (Å²) < 4.78 is 12.8. The van der Waals surface area contributed by atoms with Crippen LogP contribution in [0.1, 0.15) is 27.4 Å². The van der Waals surface area contributed by atoms with Crippen molar-refractivity contribution in [1.82, 2.24) is 30.3 Å². The van der Waals surface area contributed by atoms with Crippen molar-refractivity contribution in [2.45, 2.75) is 20.4 Å². The first-order valence-electron chi connectivity index (χ1n) is 11.4.